The van der Waals surface area contributed by atoms with Gasteiger partial charge in [0.2, 0.25) is 0 Å². The molecule has 0 bridgehead atoms. The third-order valence-corrected chi connectivity index (χ3v) is 3.18. The Bertz CT molecular complexity index is 382. The largest absolute Gasteiger partial charge is 0.349 e. The van der Waals surface area contributed by atoms with Crippen LogP contribution < -0.4 is 5.32 Å². The summed E-state index contributed by atoms with van der Waals surface area (Å²) in [7, 11) is 0. The van der Waals surface area contributed by atoms with E-state index in [1.165, 1.54) is 0 Å². The molecule has 0 saturated carbocycles. The summed E-state index contributed by atoms with van der Waals surface area (Å²) in [5, 5.41) is 3.31. The lowest BCUT2D eigenvalue weighted by molar-refractivity contribution is 0.0932. The molecule has 18 heavy (non-hydrogen) atoms. The Kier molecular flexibility index (Phi) is 6.73. The number of unbranched alkanes of at least 4 members (excludes halogenated alkanes) is 1. The second-order valence-corrected chi connectivity index (χ2v) is 4.80. The monoisotopic (exact) mass is 268 g/mol. The summed E-state index contributed by atoms with van der Waals surface area (Å²) in [6, 6.07) is 3.66. The lowest BCUT2D eigenvalue weighted by Crippen LogP contribution is -2.35. The zero-order chi connectivity index (χ0) is 13.4. The van der Waals surface area contributed by atoms with Crippen LogP contribution >= 0.6 is 11.6 Å². The predicted molar refractivity (Wildman–Crippen MR) is 74.9 cm³/mol. The van der Waals surface area contributed by atoms with Crippen LogP contribution in [0.4, 0.5) is 0 Å². The molecule has 0 aliphatic carbocycles. The Labute approximate surface area is 114 Å². The molecular formula is C14H21ClN2O. The molecule has 0 aliphatic rings. The molecular weight excluding hydrogens is 248 g/mol. The maximum absolute atomic E-state index is 12.1. The standard InChI is InChI=1S/C14H21ClN2O/c1-3-5-8-11(7-4-2)17-14(18)12-9-6-10-16-13(12)15/h6,9-11H,3-5,7-8H2,1-2H3,(H,17,18). The van der Waals surface area contributed by atoms with Gasteiger partial charge in [-0.25, -0.2) is 4.98 Å². The van der Waals surface area contributed by atoms with Crippen LogP contribution in [0.15, 0.2) is 18.3 Å². The summed E-state index contributed by atoms with van der Waals surface area (Å²) < 4.78 is 0. The SMILES string of the molecule is CCCCC(CCC)NC(=O)c1cccnc1Cl. The highest BCUT2D eigenvalue weighted by atomic mass is 35.5. The molecule has 0 fully saturated rings. The molecule has 0 radical (unpaired) electrons. The first-order valence-corrected chi connectivity index (χ1v) is 6.98. The molecule has 0 aliphatic heterocycles. The van der Waals surface area contributed by atoms with Crippen molar-refractivity contribution in [1.82, 2.24) is 10.3 Å². The summed E-state index contributed by atoms with van der Waals surface area (Å²) in [5.74, 6) is -0.123. The maximum atomic E-state index is 12.1. The minimum Gasteiger partial charge on any atom is -0.349 e. The molecule has 1 rings (SSSR count). The van der Waals surface area contributed by atoms with Crippen molar-refractivity contribution < 1.29 is 4.79 Å². The van der Waals surface area contributed by atoms with Gasteiger partial charge in [-0.2, -0.15) is 0 Å². The van der Waals surface area contributed by atoms with Gasteiger partial charge in [0.25, 0.3) is 5.91 Å². The van der Waals surface area contributed by atoms with Crippen LogP contribution in [0.5, 0.6) is 0 Å². The first-order chi connectivity index (χ1) is 8.69. The average molecular weight is 269 g/mol. The van der Waals surface area contributed by atoms with E-state index in [1.54, 1.807) is 18.3 Å². The van der Waals surface area contributed by atoms with Gasteiger partial charge in [0, 0.05) is 12.2 Å². The third-order valence-electron chi connectivity index (χ3n) is 2.88. The highest BCUT2D eigenvalue weighted by Gasteiger charge is 2.15. The zero-order valence-electron chi connectivity index (χ0n) is 11.1. The average Bonchev–Trinajstić information content (AvgIpc) is 2.36. The quantitative estimate of drug-likeness (QED) is 0.764. The number of nitrogens with one attached hydrogen (secondary N) is 1. The topological polar surface area (TPSA) is 42.0 Å². The molecule has 100 valence electrons. The Hall–Kier alpha value is -1.09. The molecule has 1 atom stereocenters. The van der Waals surface area contributed by atoms with E-state index in [9.17, 15) is 4.79 Å². The van der Waals surface area contributed by atoms with Gasteiger partial charge in [0.05, 0.1) is 5.56 Å². The number of rotatable bonds is 7. The van der Waals surface area contributed by atoms with Crippen LogP contribution in [-0.4, -0.2) is 16.9 Å². The molecule has 4 heteroatoms. The molecule has 0 aromatic carbocycles. The second kappa shape index (κ2) is 8.09. The molecule has 1 heterocycles. The number of carbonyl (C=O) groups excluding carboxylic acids is 1. The van der Waals surface area contributed by atoms with Gasteiger partial charge in [0.15, 0.2) is 0 Å². The Balaban J connectivity index is 2.63. The smallest absolute Gasteiger partial charge is 0.254 e. The van der Waals surface area contributed by atoms with Gasteiger partial charge < -0.3 is 5.32 Å². The molecule has 1 unspecified atom stereocenters. The minimum atomic E-state index is -0.123. The summed E-state index contributed by atoms with van der Waals surface area (Å²) in [6.45, 7) is 4.28. The summed E-state index contributed by atoms with van der Waals surface area (Å²) in [6.07, 6.45) is 6.95. The number of nitrogens with zero attached hydrogens (tertiary/aromatic N) is 1. The van der Waals surface area contributed by atoms with E-state index in [1.807, 2.05) is 0 Å². The highest BCUT2D eigenvalue weighted by molar-refractivity contribution is 6.32. The van der Waals surface area contributed by atoms with Crippen molar-refractivity contribution in [2.75, 3.05) is 0 Å². The van der Waals surface area contributed by atoms with E-state index < -0.39 is 0 Å². The number of amides is 1. The fourth-order valence-corrected chi connectivity index (χ4v) is 2.11. The van der Waals surface area contributed by atoms with Gasteiger partial charge in [-0.3, -0.25) is 4.79 Å². The van der Waals surface area contributed by atoms with Gasteiger partial charge in [-0.1, -0.05) is 44.7 Å². The zero-order valence-corrected chi connectivity index (χ0v) is 11.8. The lowest BCUT2D eigenvalue weighted by atomic mass is 10.0. The van der Waals surface area contributed by atoms with Gasteiger partial charge in [-0.15, -0.1) is 0 Å². The fraction of sp³-hybridized carbons (Fsp3) is 0.571. The van der Waals surface area contributed by atoms with Crippen molar-refractivity contribution in [3.8, 4) is 0 Å². The molecule has 0 spiro atoms. The van der Waals surface area contributed by atoms with Crippen molar-refractivity contribution >= 4 is 17.5 Å². The van der Waals surface area contributed by atoms with Crippen molar-refractivity contribution in [2.24, 2.45) is 0 Å². The fourth-order valence-electron chi connectivity index (χ4n) is 1.91. The molecule has 3 nitrogen and oxygen atoms in total. The van der Waals surface area contributed by atoms with Crippen molar-refractivity contribution in [1.29, 1.82) is 0 Å². The summed E-state index contributed by atoms with van der Waals surface area (Å²) in [5.41, 5.74) is 0.455. The van der Waals surface area contributed by atoms with Crippen LogP contribution in [0.2, 0.25) is 5.15 Å². The maximum Gasteiger partial charge on any atom is 0.254 e. The van der Waals surface area contributed by atoms with Crippen molar-refractivity contribution in [3.05, 3.63) is 29.0 Å². The van der Waals surface area contributed by atoms with Crippen molar-refractivity contribution in [3.63, 3.8) is 0 Å². The number of pyridine rings is 1. The summed E-state index contributed by atoms with van der Waals surface area (Å²) in [4.78, 5) is 16.0. The highest BCUT2D eigenvalue weighted by Crippen LogP contribution is 2.13. The molecule has 1 amide bonds. The Morgan fingerprint density at radius 3 is 2.78 bits per heavy atom. The minimum absolute atomic E-state index is 0.123. The van der Waals surface area contributed by atoms with E-state index in [-0.39, 0.29) is 17.1 Å². The van der Waals surface area contributed by atoms with Gasteiger partial charge in [-0.05, 0) is 25.0 Å². The van der Waals surface area contributed by atoms with Crippen LogP contribution in [0, 0.1) is 0 Å². The molecule has 1 aromatic rings. The number of hydrogen-bond acceptors (Lipinski definition) is 2. The Morgan fingerprint density at radius 1 is 1.39 bits per heavy atom. The van der Waals surface area contributed by atoms with Crippen LogP contribution in [0.25, 0.3) is 0 Å². The second-order valence-electron chi connectivity index (χ2n) is 4.44. The molecule has 1 N–H and O–H groups in total. The predicted octanol–water partition coefficient (Wildman–Crippen LogP) is 3.82. The molecule has 1 aromatic heterocycles. The van der Waals surface area contributed by atoms with Gasteiger partial charge in [0.1, 0.15) is 5.15 Å². The van der Waals surface area contributed by atoms with Crippen LogP contribution in [0.3, 0.4) is 0 Å². The number of carbonyl (C=O) groups is 1. The Morgan fingerprint density at radius 2 is 2.17 bits per heavy atom. The van der Waals surface area contributed by atoms with Crippen LogP contribution in [-0.2, 0) is 0 Å². The number of hydrogen-bond donors (Lipinski definition) is 1. The van der Waals surface area contributed by atoms with E-state index in [4.69, 9.17) is 11.6 Å². The van der Waals surface area contributed by atoms with Crippen LogP contribution in [0.1, 0.15) is 56.3 Å². The number of aromatic nitrogens is 1. The van der Waals surface area contributed by atoms with E-state index >= 15 is 0 Å². The normalized spacial score (nSPS) is 12.2. The first-order valence-electron chi connectivity index (χ1n) is 6.60. The van der Waals surface area contributed by atoms with E-state index in [2.05, 4.69) is 24.1 Å². The number of halogens is 1. The van der Waals surface area contributed by atoms with Gasteiger partial charge >= 0.3 is 0 Å². The third kappa shape index (κ3) is 4.65. The lowest BCUT2D eigenvalue weighted by Gasteiger charge is -2.18. The van der Waals surface area contributed by atoms with E-state index in [0.29, 0.717) is 5.56 Å². The summed E-state index contributed by atoms with van der Waals surface area (Å²) >= 11 is 5.91. The molecule has 0 saturated heterocycles. The van der Waals surface area contributed by atoms with E-state index in [0.717, 1.165) is 32.1 Å². The first kappa shape index (κ1) is 15.0. The van der Waals surface area contributed by atoms with Crippen molar-refractivity contribution in [2.45, 2.75) is 52.0 Å².